The fourth-order valence-electron chi connectivity index (χ4n) is 1.77. The van der Waals surface area contributed by atoms with Crippen molar-refractivity contribution in [2.75, 3.05) is 5.73 Å². The fraction of sp³-hybridized carbons (Fsp3) is 0.0769. The number of anilines is 1. The van der Waals surface area contributed by atoms with Gasteiger partial charge >= 0.3 is 5.97 Å². The van der Waals surface area contributed by atoms with Crippen molar-refractivity contribution in [1.82, 2.24) is 4.98 Å². The van der Waals surface area contributed by atoms with Crippen molar-refractivity contribution in [2.24, 2.45) is 0 Å². The second kappa shape index (κ2) is 5.25. The topological polar surface area (TPSA) is 76.2 Å². The molecule has 0 fully saturated rings. The predicted octanol–water partition coefficient (Wildman–Crippen LogP) is 3.41. The van der Waals surface area contributed by atoms with E-state index >= 15 is 0 Å². The molecule has 0 spiro atoms. The highest BCUT2D eigenvalue weighted by molar-refractivity contribution is 6.35. The van der Waals surface area contributed by atoms with Crippen LogP contribution < -0.4 is 5.73 Å². The van der Waals surface area contributed by atoms with Gasteiger partial charge in [0, 0.05) is 0 Å². The molecule has 2 aromatic rings. The minimum absolute atomic E-state index is 0.228. The van der Waals surface area contributed by atoms with Gasteiger partial charge in [0.15, 0.2) is 17.3 Å². The summed E-state index contributed by atoms with van der Waals surface area (Å²) in [4.78, 5) is 14.5. The predicted molar refractivity (Wildman–Crippen MR) is 70.7 cm³/mol. The minimum atomic E-state index is -1.53. The summed E-state index contributed by atoms with van der Waals surface area (Å²) in [7, 11) is 0. The van der Waals surface area contributed by atoms with E-state index < -0.39 is 40.4 Å². The van der Waals surface area contributed by atoms with Crippen LogP contribution in [0.3, 0.4) is 0 Å². The van der Waals surface area contributed by atoms with Crippen molar-refractivity contribution in [3.8, 4) is 11.3 Å². The third-order valence-corrected chi connectivity index (χ3v) is 3.18. The smallest absolute Gasteiger partial charge is 0.356 e. The van der Waals surface area contributed by atoms with Crippen molar-refractivity contribution >= 4 is 23.3 Å². The molecule has 0 aliphatic heterocycles. The van der Waals surface area contributed by atoms with E-state index in [0.29, 0.717) is 0 Å². The standard InChI is InChI=1S/C13H8ClF3N2O2/c1-4-2-5(15)8(11(17)10(4)16)7-3-6(18)9(14)12(19-7)13(20)21/h2-3H,1H3,(H2,18,19)(H,20,21). The lowest BCUT2D eigenvalue weighted by Gasteiger charge is -2.10. The van der Waals surface area contributed by atoms with Gasteiger partial charge in [-0.25, -0.2) is 22.9 Å². The average molecular weight is 317 g/mol. The molecule has 3 N–H and O–H groups in total. The molecular weight excluding hydrogens is 309 g/mol. The number of nitrogen functional groups attached to an aromatic ring is 1. The molecule has 0 aliphatic carbocycles. The number of nitrogens with two attached hydrogens (primary N) is 1. The van der Waals surface area contributed by atoms with E-state index in [4.69, 9.17) is 22.4 Å². The van der Waals surface area contributed by atoms with Gasteiger partial charge in [-0.1, -0.05) is 11.6 Å². The first-order chi connectivity index (χ1) is 9.73. The lowest BCUT2D eigenvalue weighted by atomic mass is 10.1. The van der Waals surface area contributed by atoms with Gasteiger partial charge in [0.2, 0.25) is 0 Å². The SMILES string of the molecule is Cc1cc(F)c(-c2cc(N)c(Cl)c(C(=O)O)n2)c(F)c1F. The van der Waals surface area contributed by atoms with E-state index in [1.54, 1.807) is 0 Å². The molecule has 1 aromatic heterocycles. The van der Waals surface area contributed by atoms with Crippen LogP contribution in [0.25, 0.3) is 11.3 Å². The number of rotatable bonds is 2. The Balaban J connectivity index is 2.80. The zero-order valence-electron chi connectivity index (χ0n) is 10.5. The third kappa shape index (κ3) is 2.52. The molecule has 0 aliphatic rings. The number of aromatic carboxylic acids is 1. The molecule has 0 atom stereocenters. The summed E-state index contributed by atoms with van der Waals surface area (Å²) < 4.78 is 41.3. The summed E-state index contributed by atoms with van der Waals surface area (Å²) in [6.07, 6.45) is 0. The van der Waals surface area contributed by atoms with E-state index in [2.05, 4.69) is 4.98 Å². The van der Waals surface area contributed by atoms with Crippen molar-refractivity contribution in [3.63, 3.8) is 0 Å². The summed E-state index contributed by atoms with van der Waals surface area (Å²) in [6, 6.07) is 1.76. The first-order valence-corrected chi connectivity index (χ1v) is 5.95. The molecule has 0 unspecified atom stereocenters. The number of carbonyl (C=O) groups is 1. The molecule has 8 heteroatoms. The van der Waals surface area contributed by atoms with Crippen molar-refractivity contribution in [2.45, 2.75) is 6.92 Å². The molecule has 1 heterocycles. The van der Waals surface area contributed by atoms with E-state index in [-0.39, 0.29) is 16.3 Å². The number of halogens is 4. The number of nitrogens with zero attached hydrogens (tertiary/aromatic N) is 1. The fourth-order valence-corrected chi connectivity index (χ4v) is 1.94. The summed E-state index contributed by atoms with van der Waals surface area (Å²) in [5.74, 6) is -5.34. The molecule has 0 bridgehead atoms. The van der Waals surface area contributed by atoms with Gasteiger partial charge in [0.25, 0.3) is 0 Å². The summed E-state index contributed by atoms with van der Waals surface area (Å²) >= 11 is 5.65. The number of carboxylic acids is 1. The Morgan fingerprint density at radius 1 is 1.29 bits per heavy atom. The second-order valence-corrected chi connectivity index (χ2v) is 4.62. The highest BCUT2D eigenvalue weighted by atomic mass is 35.5. The number of pyridine rings is 1. The van der Waals surface area contributed by atoms with Crippen LogP contribution in [0.2, 0.25) is 5.02 Å². The Bertz CT molecular complexity index is 766. The number of benzene rings is 1. The van der Waals surface area contributed by atoms with Crippen LogP contribution in [0.4, 0.5) is 18.9 Å². The van der Waals surface area contributed by atoms with Crippen molar-refractivity contribution in [3.05, 3.63) is 45.9 Å². The number of hydrogen-bond donors (Lipinski definition) is 2. The van der Waals surface area contributed by atoms with Gasteiger partial charge in [-0.3, -0.25) is 0 Å². The Kier molecular flexibility index (Phi) is 3.78. The van der Waals surface area contributed by atoms with Crippen molar-refractivity contribution in [1.29, 1.82) is 0 Å². The molecule has 0 amide bonds. The zero-order chi connectivity index (χ0) is 15.9. The van der Waals surface area contributed by atoms with Gasteiger partial charge in [-0.05, 0) is 24.6 Å². The maximum absolute atomic E-state index is 13.9. The Morgan fingerprint density at radius 2 is 1.90 bits per heavy atom. The summed E-state index contributed by atoms with van der Waals surface area (Å²) in [5.41, 5.74) is 3.09. The second-order valence-electron chi connectivity index (χ2n) is 4.24. The first kappa shape index (κ1) is 15.1. The summed E-state index contributed by atoms with van der Waals surface area (Å²) in [5, 5.41) is 8.57. The maximum Gasteiger partial charge on any atom is 0.356 e. The number of aryl methyl sites for hydroxylation is 1. The van der Waals surface area contributed by atoms with Crippen LogP contribution in [-0.4, -0.2) is 16.1 Å². The Hall–Kier alpha value is -2.28. The molecule has 110 valence electrons. The van der Waals surface area contributed by atoms with Crippen LogP contribution in [0.1, 0.15) is 16.1 Å². The molecule has 4 nitrogen and oxygen atoms in total. The lowest BCUT2D eigenvalue weighted by molar-refractivity contribution is 0.0691. The van der Waals surface area contributed by atoms with E-state index in [1.807, 2.05) is 0 Å². The quantitative estimate of drug-likeness (QED) is 0.832. The summed E-state index contributed by atoms with van der Waals surface area (Å²) in [6.45, 7) is 1.19. The molecule has 0 radical (unpaired) electrons. The third-order valence-electron chi connectivity index (χ3n) is 2.79. The molecule has 0 saturated heterocycles. The monoisotopic (exact) mass is 316 g/mol. The molecular formula is C13H8ClF3N2O2. The molecule has 1 aromatic carbocycles. The zero-order valence-corrected chi connectivity index (χ0v) is 11.3. The average Bonchev–Trinajstić information content (AvgIpc) is 2.39. The first-order valence-electron chi connectivity index (χ1n) is 5.57. The van der Waals surface area contributed by atoms with E-state index in [1.165, 1.54) is 6.92 Å². The van der Waals surface area contributed by atoms with Crippen LogP contribution in [-0.2, 0) is 0 Å². The number of hydrogen-bond acceptors (Lipinski definition) is 3. The lowest BCUT2D eigenvalue weighted by Crippen LogP contribution is -2.07. The largest absolute Gasteiger partial charge is 0.476 e. The van der Waals surface area contributed by atoms with Gasteiger partial charge in [0.05, 0.1) is 22.0 Å². The normalized spacial score (nSPS) is 10.7. The van der Waals surface area contributed by atoms with Crippen LogP contribution in [0.5, 0.6) is 0 Å². The molecule has 0 saturated carbocycles. The number of aromatic nitrogens is 1. The van der Waals surface area contributed by atoms with E-state index in [9.17, 15) is 18.0 Å². The van der Waals surface area contributed by atoms with E-state index in [0.717, 1.165) is 12.1 Å². The van der Waals surface area contributed by atoms with Crippen LogP contribution >= 0.6 is 11.6 Å². The van der Waals surface area contributed by atoms with Crippen LogP contribution in [0.15, 0.2) is 12.1 Å². The van der Waals surface area contributed by atoms with Gasteiger partial charge < -0.3 is 10.8 Å². The molecule has 2 rings (SSSR count). The minimum Gasteiger partial charge on any atom is -0.476 e. The Morgan fingerprint density at radius 3 is 2.48 bits per heavy atom. The van der Waals surface area contributed by atoms with Crippen molar-refractivity contribution < 1.29 is 23.1 Å². The highest BCUT2D eigenvalue weighted by Gasteiger charge is 2.23. The van der Waals surface area contributed by atoms with Gasteiger partial charge in [-0.15, -0.1) is 0 Å². The van der Waals surface area contributed by atoms with Gasteiger partial charge in [0.1, 0.15) is 5.82 Å². The van der Waals surface area contributed by atoms with Gasteiger partial charge in [-0.2, -0.15) is 0 Å². The maximum atomic E-state index is 13.9. The molecule has 21 heavy (non-hydrogen) atoms. The van der Waals surface area contributed by atoms with Crippen LogP contribution in [0, 0.1) is 24.4 Å². The highest BCUT2D eigenvalue weighted by Crippen LogP contribution is 2.32. The Labute approximate surface area is 122 Å². The number of carboxylic acid groups (broad SMARTS) is 1.